The average Bonchev–Trinajstić information content (AvgIpc) is 3.43. The van der Waals surface area contributed by atoms with Gasteiger partial charge in [0.2, 0.25) is 0 Å². The van der Waals surface area contributed by atoms with Gasteiger partial charge in [0.25, 0.3) is 0 Å². The first-order chi connectivity index (χ1) is 20.3. The monoisotopic (exact) mass is 526 g/mol. The van der Waals surface area contributed by atoms with Gasteiger partial charge >= 0.3 is 0 Å². The van der Waals surface area contributed by atoms with Crippen LogP contribution < -0.4 is 0 Å². The molecule has 8 aromatic rings. The lowest BCUT2D eigenvalue weighted by Gasteiger charge is -2.10. The maximum absolute atomic E-state index is 6.31. The van der Waals surface area contributed by atoms with Crippen LogP contribution in [-0.4, -0.2) is 19.9 Å². The van der Waals surface area contributed by atoms with Crippen molar-refractivity contribution in [3.63, 3.8) is 0 Å². The molecule has 0 N–H and O–H groups in total. The summed E-state index contributed by atoms with van der Waals surface area (Å²) in [7, 11) is 0. The molecule has 0 bridgehead atoms. The van der Waals surface area contributed by atoms with E-state index < -0.39 is 0 Å². The topological polar surface area (TPSA) is 64.7 Å². The van der Waals surface area contributed by atoms with Crippen LogP contribution in [-0.2, 0) is 0 Å². The molecule has 192 valence electrons. The molecule has 0 aliphatic heterocycles. The van der Waals surface area contributed by atoms with Crippen LogP contribution in [0.15, 0.2) is 138 Å². The Labute approximate surface area is 235 Å². The van der Waals surface area contributed by atoms with Gasteiger partial charge in [-0.25, -0.2) is 15.0 Å². The highest BCUT2D eigenvalue weighted by atomic mass is 16.3. The van der Waals surface area contributed by atoms with Gasteiger partial charge in [-0.15, -0.1) is 0 Å². The lowest BCUT2D eigenvalue weighted by atomic mass is 10.0. The molecule has 0 radical (unpaired) electrons. The van der Waals surface area contributed by atoms with Gasteiger partial charge in [-0.05, 0) is 42.5 Å². The van der Waals surface area contributed by atoms with E-state index in [0.29, 0.717) is 5.82 Å². The summed E-state index contributed by atoms with van der Waals surface area (Å²) in [6, 6.07) is 42.6. The van der Waals surface area contributed by atoms with Gasteiger partial charge in [-0.1, -0.05) is 84.9 Å². The van der Waals surface area contributed by atoms with Crippen LogP contribution in [0.2, 0.25) is 0 Å². The molecule has 0 unspecified atom stereocenters. The first-order valence-electron chi connectivity index (χ1n) is 13.5. The molecule has 0 fully saturated rings. The minimum absolute atomic E-state index is 0.648. The summed E-state index contributed by atoms with van der Waals surface area (Å²) in [6.07, 6.45) is 1.82. The van der Waals surface area contributed by atoms with Gasteiger partial charge in [-0.3, -0.25) is 4.98 Å². The lowest BCUT2D eigenvalue weighted by Crippen LogP contribution is -1.96. The molecule has 0 atom stereocenters. The van der Waals surface area contributed by atoms with Crippen LogP contribution in [0.25, 0.3) is 78.1 Å². The van der Waals surface area contributed by atoms with Gasteiger partial charge in [0.1, 0.15) is 11.2 Å². The molecule has 0 saturated carbocycles. The lowest BCUT2D eigenvalue weighted by molar-refractivity contribution is 0.669. The Kier molecular flexibility index (Phi) is 5.38. The van der Waals surface area contributed by atoms with Crippen LogP contribution in [0.3, 0.4) is 0 Å². The van der Waals surface area contributed by atoms with E-state index in [0.717, 1.165) is 72.3 Å². The molecule has 3 aromatic heterocycles. The van der Waals surface area contributed by atoms with E-state index in [9.17, 15) is 0 Å². The van der Waals surface area contributed by atoms with Crippen molar-refractivity contribution < 1.29 is 4.42 Å². The summed E-state index contributed by atoms with van der Waals surface area (Å²) in [6.45, 7) is 0. The molecule has 5 nitrogen and oxygen atoms in total. The van der Waals surface area contributed by atoms with Crippen molar-refractivity contribution >= 4 is 33.0 Å². The maximum atomic E-state index is 6.31. The van der Waals surface area contributed by atoms with Gasteiger partial charge < -0.3 is 4.42 Å². The molecule has 0 spiro atoms. The van der Waals surface area contributed by atoms with E-state index in [2.05, 4.69) is 47.4 Å². The first-order valence-corrected chi connectivity index (χ1v) is 13.5. The van der Waals surface area contributed by atoms with E-state index >= 15 is 0 Å². The van der Waals surface area contributed by atoms with Crippen molar-refractivity contribution in [2.75, 3.05) is 0 Å². The zero-order valence-corrected chi connectivity index (χ0v) is 21.9. The number of aromatic nitrogens is 4. The summed E-state index contributed by atoms with van der Waals surface area (Å²) < 4.78 is 6.31. The van der Waals surface area contributed by atoms with Gasteiger partial charge in [-0.2, -0.15) is 0 Å². The number of furan rings is 1. The molecule has 41 heavy (non-hydrogen) atoms. The Morgan fingerprint density at radius 3 is 1.88 bits per heavy atom. The molecule has 8 rings (SSSR count). The molecule has 0 aliphatic rings. The van der Waals surface area contributed by atoms with Crippen LogP contribution in [0, 0.1) is 0 Å². The highest BCUT2D eigenvalue weighted by Crippen LogP contribution is 2.38. The first kappa shape index (κ1) is 23.2. The molecule has 3 heterocycles. The molecular formula is C36H22N4O. The molecule has 0 saturated heterocycles. The molecule has 5 heteroatoms. The van der Waals surface area contributed by atoms with Gasteiger partial charge in [0.15, 0.2) is 5.82 Å². The predicted molar refractivity (Wildman–Crippen MR) is 164 cm³/mol. The third-order valence-corrected chi connectivity index (χ3v) is 7.35. The second kappa shape index (κ2) is 9.50. The van der Waals surface area contributed by atoms with E-state index in [1.165, 1.54) is 0 Å². The Balaban J connectivity index is 1.35. The Morgan fingerprint density at radius 2 is 1.15 bits per heavy atom. The Hall–Kier alpha value is -5.68. The largest absolute Gasteiger partial charge is 0.456 e. The van der Waals surface area contributed by atoms with Crippen molar-refractivity contribution in [2.45, 2.75) is 0 Å². The van der Waals surface area contributed by atoms with E-state index in [4.69, 9.17) is 19.4 Å². The summed E-state index contributed by atoms with van der Waals surface area (Å²) in [5.74, 6) is 0.648. The number of hydrogen-bond acceptors (Lipinski definition) is 5. The number of para-hydroxylation sites is 2. The fourth-order valence-electron chi connectivity index (χ4n) is 5.35. The van der Waals surface area contributed by atoms with Crippen LogP contribution >= 0.6 is 0 Å². The summed E-state index contributed by atoms with van der Waals surface area (Å²) >= 11 is 0. The van der Waals surface area contributed by atoms with Crippen molar-refractivity contribution in [1.82, 2.24) is 19.9 Å². The highest BCUT2D eigenvalue weighted by Gasteiger charge is 2.18. The molecule has 5 aromatic carbocycles. The van der Waals surface area contributed by atoms with E-state index in [1.807, 2.05) is 91.1 Å². The summed E-state index contributed by atoms with van der Waals surface area (Å²) in [4.78, 5) is 19.6. The third-order valence-electron chi connectivity index (χ3n) is 7.35. The standard InChI is InChI=1S/C36H22N4O/c1-3-10-23(11-4-1)30-21-31(24-12-5-2-6-13-24)40-36(39-30)26-14-9-17-34-35(26)27-20-25(18-19-33(27)41-34)32-22-37-28-15-7-8-16-29(28)38-32/h1-22H. The quantitative estimate of drug-likeness (QED) is 0.229. The van der Waals surface area contributed by atoms with E-state index in [-0.39, 0.29) is 0 Å². The van der Waals surface area contributed by atoms with Crippen LogP contribution in [0.5, 0.6) is 0 Å². The van der Waals surface area contributed by atoms with Gasteiger partial charge in [0.05, 0.1) is 34.3 Å². The SMILES string of the molecule is c1ccc(-c2cc(-c3ccccc3)nc(-c3cccc4oc5ccc(-c6cnc7ccccc7n6)cc5c34)n2)cc1. The zero-order valence-electron chi connectivity index (χ0n) is 21.9. The highest BCUT2D eigenvalue weighted by molar-refractivity contribution is 6.12. The van der Waals surface area contributed by atoms with E-state index in [1.54, 1.807) is 0 Å². The number of fused-ring (bicyclic) bond motifs is 4. The second-order valence-electron chi connectivity index (χ2n) is 9.93. The number of benzene rings is 5. The van der Waals surface area contributed by atoms with Crippen LogP contribution in [0.4, 0.5) is 0 Å². The van der Waals surface area contributed by atoms with Crippen LogP contribution in [0.1, 0.15) is 0 Å². The minimum Gasteiger partial charge on any atom is -0.456 e. The number of rotatable bonds is 4. The number of nitrogens with zero attached hydrogens (tertiary/aromatic N) is 4. The smallest absolute Gasteiger partial charge is 0.161 e. The van der Waals surface area contributed by atoms with Crippen molar-refractivity contribution in [2.24, 2.45) is 0 Å². The molecule has 0 aliphatic carbocycles. The maximum Gasteiger partial charge on any atom is 0.161 e. The Bertz CT molecular complexity index is 2150. The molecule has 0 amide bonds. The fourth-order valence-corrected chi connectivity index (χ4v) is 5.35. The Morgan fingerprint density at radius 1 is 0.463 bits per heavy atom. The summed E-state index contributed by atoms with van der Waals surface area (Å²) in [5, 5.41) is 1.96. The van der Waals surface area contributed by atoms with Crippen molar-refractivity contribution in [3.05, 3.63) is 134 Å². The second-order valence-corrected chi connectivity index (χ2v) is 9.93. The molecular weight excluding hydrogens is 504 g/mol. The zero-order chi connectivity index (χ0) is 27.2. The van der Waals surface area contributed by atoms with Crippen molar-refractivity contribution in [1.29, 1.82) is 0 Å². The van der Waals surface area contributed by atoms with Crippen molar-refractivity contribution in [3.8, 4) is 45.2 Å². The minimum atomic E-state index is 0.648. The fraction of sp³-hybridized carbons (Fsp3) is 0. The number of hydrogen-bond donors (Lipinski definition) is 0. The third kappa shape index (κ3) is 4.12. The van der Waals surface area contributed by atoms with Gasteiger partial charge in [0, 0.05) is 33.0 Å². The average molecular weight is 527 g/mol. The predicted octanol–water partition coefficient (Wildman–Crippen LogP) is 8.99. The summed E-state index contributed by atoms with van der Waals surface area (Å²) in [5.41, 5.74) is 9.82. The normalized spacial score (nSPS) is 11.4.